The summed E-state index contributed by atoms with van der Waals surface area (Å²) in [5.74, 6) is -0.465. The summed E-state index contributed by atoms with van der Waals surface area (Å²) in [6, 6.07) is 3.59. The van der Waals surface area contributed by atoms with E-state index < -0.39 is 12.3 Å². The first kappa shape index (κ1) is 15.5. The molecule has 1 heterocycles. The van der Waals surface area contributed by atoms with Crippen LogP contribution in [0.25, 0.3) is 0 Å². The van der Waals surface area contributed by atoms with E-state index in [0.717, 1.165) is 15.6 Å². The van der Waals surface area contributed by atoms with Crippen molar-refractivity contribution in [3.8, 4) is 0 Å². The van der Waals surface area contributed by atoms with Crippen molar-refractivity contribution in [2.24, 2.45) is 0 Å². The zero-order valence-electron chi connectivity index (χ0n) is 10.9. The van der Waals surface area contributed by atoms with Gasteiger partial charge in [0, 0.05) is 21.4 Å². The Balaban J connectivity index is 2.14. The van der Waals surface area contributed by atoms with Crippen LogP contribution in [0.3, 0.4) is 0 Å². The summed E-state index contributed by atoms with van der Waals surface area (Å²) < 4.78 is 24.5. The van der Waals surface area contributed by atoms with E-state index in [-0.39, 0.29) is 12.1 Å². The van der Waals surface area contributed by atoms with E-state index in [4.69, 9.17) is 9.47 Å². The molecule has 3 nitrogen and oxygen atoms in total. The number of hydrogen-bond donors (Lipinski definition) is 0. The number of ether oxygens (including phenoxy) is 2. The highest BCUT2D eigenvalue weighted by Gasteiger charge is 2.26. The van der Waals surface area contributed by atoms with Crippen LogP contribution < -0.4 is 0 Å². The molecule has 20 heavy (non-hydrogen) atoms. The van der Waals surface area contributed by atoms with E-state index in [0.29, 0.717) is 29.9 Å². The normalized spacial score (nSPS) is 17.4. The van der Waals surface area contributed by atoms with E-state index in [2.05, 4.69) is 22.5 Å². The maximum atomic E-state index is 13.0. The molecule has 108 valence electrons. The summed E-state index contributed by atoms with van der Waals surface area (Å²) in [6.07, 6.45) is 0.184. The Morgan fingerprint density at radius 2 is 2.40 bits per heavy atom. The molecular weight excluding hydrogens is 347 g/mol. The molecule has 0 amide bonds. The minimum atomic E-state index is -0.689. The van der Waals surface area contributed by atoms with Crippen LogP contribution in [0.15, 0.2) is 33.7 Å². The number of carbonyl (C=O) groups is 1. The number of esters is 1. The number of carbonyl (C=O) groups excluding carboxylic acids is 1. The molecule has 1 aliphatic rings. The fraction of sp³-hybridized carbons (Fsp3) is 0.357. The largest absolute Gasteiger partial charge is 0.432 e. The fourth-order valence-corrected chi connectivity index (χ4v) is 3.06. The highest BCUT2D eigenvalue weighted by Crippen LogP contribution is 2.34. The molecule has 1 aliphatic heterocycles. The maximum Gasteiger partial charge on any atom is 0.335 e. The van der Waals surface area contributed by atoms with Crippen LogP contribution in [0.4, 0.5) is 3.89 Å². The Kier molecular flexibility index (Phi) is 5.23. The van der Waals surface area contributed by atoms with E-state index in [1.54, 1.807) is 6.07 Å². The van der Waals surface area contributed by atoms with Gasteiger partial charge in [0.1, 0.15) is 0 Å². The molecule has 1 atom stereocenters. The molecule has 6 heteroatoms. The van der Waals surface area contributed by atoms with Gasteiger partial charge in [0.15, 0.2) is 0 Å². The summed E-state index contributed by atoms with van der Waals surface area (Å²) >= 11 is 3.52. The highest BCUT2D eigenvalue weighted by molar-refractivity contribution is 9.10. The Morgan fingerprint density at radius 1 is 1.65 bits per heavy atom. The molecule has 0 fully saturated rings. The lowest BCUT2D eigenvalue weighted by Gasteiger charge is -2.26. The van der Waals surface area contributed by atoms with Crippen molar-refractivity contribution in [2.75, 3.05) is 0 Å². The summed E-state index contributed by atoms with van der Waals surface area (Å²) in [5.41, 5.74) is 2.13. The van der Waals surface area contributed by atoms with E-state index in [1.807, 2.05) is 13.0 Å². The average Bonchev–Trinajstić information content (AvgIpc) is 2.45. The molecule has 1 aromatic carbocycles. The molecule has 0 radical (unpaired) electrons. The molecule has 0 aliphatic carbocycles. The van der Waals surface area contributed by atoms with Crippen LogP contribution in [-0.4, -0.2) is 12.3 Å². The van der Waals surface area contributed by atoms with Gasteiger partial charge < -0.3 is 9.47 Å². The highest BCUT2D eigenvalue weighted by atomic mass is 79.9. The van der Waals surface area contributed by atoms with Crippen LogP contribution in [-0.2, 0) is 27.3 Å². The van der Waals surface area contributed by atoms with Crippen molar-refractivity contribution in [3.05, 3.63) is 39.9 Å². The van der Waals surface area contributed by atoms with Crippen LogP contribution in [0.2, 0.25) is 0 Å². The Labute approximate surface area is 129 Å². The monoisotopic (exact) mass is 360 g/mol. The second kappa shape index (κ2) is 6.74. The summed E-state index contributed by atoms with van der Waals surface area (Å²) in [5, 5.41) is 0. The van der Waals surface area contributed by atoms with Crippen molar-refractivity contribution in [1.29, 1.82) is 0 Å². The third kappa shape index (κ3) is 3.42. The second-order valence-electron chi connectivity index (χ2n) is 4.43. The number of halogens is 2. The third-order valence-electron chi connectivity index (χ3n) is 3.10. The first-order chi connectivity index (χ1) is 9.55. The molecule has 1 aromatic rings. The summed E-state index contributed by atoms with van der Waals surface area (Å²) in [6.45, 7) is 5.75. The zero-order valence-corrected chi connectivity index (χ0v) is 13.4. The minimum absolute atomic E-state index is 0.186. The number of benzene rings is 1. The first-order valence-electron chi connectivity index (χ1n) is 6.15. The van der Waals surface area contributed by atoms with Crippen molar-refractivity contribution in [3.63, 3.8) is 0 Å². The van der Waals surface area contributed by atoms with Crippen molar-refractivity contribution in [2.45, 2.75) is 37.6 Å². The first-order valence-corrected chi connectivity index (χ1v) is 7.66. The zero-order chi connectivity index (χ0) is 14.7. The minimum Gasteiger partial charge on any atom is -0.432 e. The number of fused-ring (bicyclic) bond motifs is 1. The van der Waals surface area contributed by atoms with Crippen molar-refractivity contribution in [1.82, 2.24) is 0 Å². The maximum absolute atomic E-state index is 13.0. The molecule has 0 saturated carbocycles. The molecule has 0 N–H and O–H groups in total. The van der Waals surface area contributed by atoms with Gasteiger partial charge in [-0.3, -0.25) is 0 Å². The van der Waals surface area contributed by atoms with Gasteiger partial charge in [-0.1, -0.05) is 29.4 Å². The third-order valence-corrected chi connectivity index (χ3v) is 4.09. The molecular formula is C14H14BrFO3S. The van der Waals surface area contributed by atoms with Crippen molar-refractivity contribution >= 4 is 34.0 Å². The predicted molar refractivity (Wildman–Crippen MR) is 78.9 cm³/mol. The van der Waals surface area contributed by atoms with Crippen LogP contribution in [0, 0.1) is 0 Å². The Hall–Kier alpha value is -0.850. The smallest absolute Gasteiger partial charge is 0.335 e. The summed E-state index contributed by atoms with van der Waals surface area (Å²) in [4.78, 5) is 12.2. The molecule has 2 rings (SSSR count). The lowest BCUT2D eigenvalue weighted by Crippen LogP contribution is -2.28. The Bertz CT molecular complexity index is 530. The van der Waals surface area contributed by atoms with Gasteiger partial charge in [-0.2, -0.15) is 3.89 Å². The topological polar surface area (TPSA) is 35.5 Å². The lowest BCUT2D eigenvalue weighted by molar-refractivity contribution is -0.179. The molecule has 0 bridgehead atoms. The SMILES string of the molecule is C=C(CC)C(=O)OC1Cc2c(cc(Br)cc2SF)CO1. The quantitative estimate of drug-likeness (QED) is 0.591. The van der Waals surface area contributed by atoms with E-state index in [1.165, 1.54) is 0 Å². The Morgan fingerprint density at radius 3 is 3.05 bits per heavy atom. The number of rotatable bonds is 4. The van der Waals surface area contributed by atoms with Gasteiger partial charge in [0.05, 0.1) is 18.8 Å². The van der Waals surface area contributed by atoms with Crippen LogP contribution in [0.1, 0.15) is 24.5 Å². The molecule has 0 saturated heterocycles. The van der Waals surface area contributed by atoms with E-state index in [9.17, 15) is 8.68 Å². The van der Waals surface area contributed by atoms with Gasteiger partial charge >= 0.3 is 5.97 Å². The van der Waals surface area contributed by atoms with Gasteiger partial charge in [-0.05, 0) is 29.7 Å². The van der Waals surface area contributed by atoms with Gasteiger partial charge in [0.25, 0.3) is 0 Å². The van der Waals surface area contributed by atoms with Crippen molar-refractivity contribution < 1.29 is 18.2 Å². The lowest BCUT2D eigenvalue weighted by atomic mass is 10.0. The summed E-state index contributed by atoms with van der Waals surface area (Å²) in [7, 11) is 0. The fourth-order valence-electron chi connectivity index (χ4n) is 1.93. The average molecular weight is 361 g/mol. The standard InChI is InChI=1S/C14H14BrFO3S/c1-3-8(2)14(17)19-13-6-11-9(7-18-13)4-10(15)5-12(11)20-16/h4-5,13H,2-3,6-7H2,1H3. The van der Waals surface area contributed by atoms with Gasteiger partial charge in [-0.15, -0.1) is 0 Å². The second-order valence-corrected chi connectivity index (χ2v) is 5.94. The van der Waals surface area contributed by atoms with Crippen LogP contribution >= 0.6 is 28.1 Å². The number of hydrogen-bond acceptors (Lipinski definition) is 4. The molecule has 0 spiro atoms. The van der Waals surface area contributed by atoms with Crippen LogP contribution in [0.5, 0.6) is 0 Å². The van der Waals surface area contributed by atoms with Gasteiger partial charge in [-0.25, -0.2) is 4.79 Å². The molecule has 0 aromatic heterocycles. The van der Waals surface area contributed by atoms with E-state index >= 15 is 0 Å². The predicted octanol–water partition coefficient (Wildman–Crippen LogP) is 4.33. The molecule has 1 unspecified atom stereocenters. The van der Waals surface area contributed by atoms with Gasteiger partial charge in [0.2, 0.25) is 6.29 Å².